The van der Waals surface area contributed by atoms with Crippen molar-refractivity contribution < 1.29 is 9.84 Å². The molecule has 0 bridgehead atoms. The minimum absolute atomic E-state index is 0.175. The highest BCUT2D eigenvalue weighted by atomic mass is 32.1. The van der Waals surface area contributed by atoms with Crippen molar-refractivity contribution in [2.24, 2.45) is 0 Å². The minimum atomic E-state index is 0.175. The maximum absolute atomic E-state index is 9.73. The molecule has 3 aromatic rings. The van der Waals surface area contributed by atoms with E-state index < -0.39 is 0 Å². The van der Waals surface area contributed by atoms with E-state index in [2.05, 4.69) is 4.98 Å². The van der Waals surface area contributed by atoms with E-state index >= 15 is 0 Å². The number of fused-ring (bicyclic) bond motifs is 1. The molecule has 0 radical (unpaired) electrons. The van der Waals surface area contributed by atoms with Crippen LogP contribution in [0, 0.1) is 0 Å². The van der Waals surface area contributed by atoms with Crippen LogP contribution >= 0.6 is 11.3 Å². The number of nitrogens with zero attached hydrogens (tertiary/aromatic N) is 1. The van der Waals surface area contributed by atoms with Gasteiger partial charge in [0.15, 0.2) is 0 Å². The van der Waals surface area contributed by atoms with E-state index in [9.17, 15) is 5.11 Å². The molecule has 0 aliphatic heterocycles. The molecule has 0 amide bonds. The van der Waals surface area contributed by atoms with Crippen molar-refractivity contribution in [3.63, 3.8) is 0 Å². The Morgan fingerprint density at radius 2 is 2.06 bits per heavy atom. The third-order valence-electron chi connectivity index (χ3n) is 2.62. The number of para-hydroxylation sites is 1. The van der Waals surface area contributed by atoms with Gasteiger partial charge in [-0.05, 0) is 23.6 Å². The molecule has 4 heteroatoms. The SMILES string of the molecule is Oc1cccc2ccc(OCc3cccs3)nc12. The van der Waals surface area contributed by atoms with E-state index in [4.69, 9.17) is 4.74 Å². The first-order chi connectivity index (χ1) is 8.83. The Bertz CT molecular complexity index is 665. The normalized spacial score (nSPS) is 10.7. The smallest absolute Gasteiger partial charge is 0.214 e. The molecule has 90 valence electrons. The van der Waals surface area contributed by atoms with Gasteiger partial charge in [0.2, 0.25) is 5.88 Å². The number of hydrogen-bond donors (Lipinski definition) is 1. The monoisotopic (exact) mass is 257 g/mol. The zero-order chi connectivity index (χ0) is 12.4. The number of rotatable bonds is 3. The van der Waals surface area contributed by atoms with E-state index in [0.717, 1.165) is 10.3 Å². The van der Waals surface area contributed by atoms with Crippen LogP contribution in [0.5, 0.6) is 11.6 Å². The van der Waals surface area contributed by atoms with Crippen molar-refractivity contribution in [2.45, 2.75) is 6.61 Å². The molecule has 3 rings (SSSR count). The minimum Gasteiger partial charge on any atom is -0.506 e. The number of aromatic hydroxyl groups is 1. The van der Waals surface area contributed by atoms with Gasteiger partial charge in [-0.3, -0.25) is 0 Å². The number of ether oxygens (including phenoxy) is 1. The summed E-state index contributed by atoms with van der Waals surface area (Å²) >= 11 is 1.65. The molecule has 0 atom stereocenters. The van der Waals surface area contributed by atoms with Crippen molar-refractivity contribution in [1.29, 1.82) is 0 Å². The molecule has 18 heavy (non-hydrogen) atoms. The second kappa shape index (κ2) is 4.66. The Balaban J connectivity index is 1.86. The molecule has 0 unspecified atom stereocenters. The summed E-state index contributed by atoms with van der Waals surface area (Å²) in [7, 11) is 0. The Labute approximate surface area is 108 Å². The maximum Gasteiger partial charge on any atom is 0.214 e. The van der Waals surface area contributed by atoms with E-state index in [-0.39, 0.29) is 5.75 Å². The lowest BCUT2D eigenvalue weighted by molar-refractivity contribution is 0.298. The van der Waals surface area contributed by atoms with Gasteiger partial charge < -0.3 is 9.84 Å². The van der Waals surface area contributed by atoms with Crippen LogP contribution in [0.1, 0.15) is 4.88 Å². The van der Waals surface area contributed by atoms with Gasteiger partial charge in [-0.25, -0.2) is 4.98 Å². The van der Waals surface area contributed by atoms with Crippen LogP contribution in [0.4, 0.5) is 0 Å². The Kier molecular flexibility index (Phi) is 2.86. The van der Waals surface area contributed by atoms with E-state index in [1.54, 1.807) is 23.5 Å². The van der Waals surface area contributed by atoms with Crippen molar-refractivity contribution in [3.05, 3.63) is 52.7 Å². The van der Waals surface area contributed by atoms with Gasteiger partial charge in [0.25, 0.3) is 0 Å². The average Bonchev–Trinajstić information content (AvgIpc) is 2.90. The van der Waals surface area contributed by atoms with Crippen LogP contribution in [0.3, 0.4) is 0 Å². The summed E-state index contributed by atoms with van der Waals surface area (Å²) in [5.74, 6) is 0.700. The van der Waals surface area contributed by atoms with Crippen molar-refractivity contribution >= 4 is 22.2 Å². The van der Waals surface area contributed by atoms with Gasteiger partial charge >= 0.3 is 0 Å². The van der Waals surface area contributed by atoms with Crippen LogP contribution < -0.4 is 4.74 Å². The average molecular weight is 257 g/mol. The van der Waals surface area contributed by atoms with Crippen molar-refractivity contribution in [3.8, 4) is 11.6 Å². The number of aromatic nitrogens is 1. The number of phenolic OH excluding ortho intramolecular Hbond substituents is 1. The Morgan fingerprint density at radius 3 is 2.89 bits per heavy atom. The lowest BCUT2D eigenvalue weighted by Crippen LogP contribution is -1.95. The fourth-order valence-electron chi connectivity index (χ4n) is 1.73. The molecule has 1 N–H and O–H groups in total. The van der Waals surface area contributed by atoms with Gasteiger partial charge in [0.05, 0.1) is 0 Å². The number of phenols is 1. The molecular weight excluding hydrogens is 246 g/mol. The highest BCUT2D eigenvalue weighted by molar-refractivity contribution is 7.09. The van der Waals surface area contributed by atoms with Crippen LogP contribution in [0.25, 0.3) is 10.9 Å². The molecule has 0 aliphatic carbocycles. The lowest BCUT2D eigenvalue weighted by atomic mass is 10.2. The predicted octanol–water partition coefficient (Wildman–Crippen LogP) is 3.58. The number of hydrogen-bond acceptors (Lipinski definition) is 4. The predicted molar refractivity (Wildman–Crippen MR) is 72.1 cm³/mol. The summed E-state index contributed by atoms with van der Waals surface area (Å²) in [5, 5.41) is 12.6. The van der Waals surface area contributed by atoms with Gasteiger partial charge in [-0.1, -0.05) is 18.2 Å². The van der Waals surface area contributed by atoms with Gasteiger partial charge in [-0.2, -0.15) is 0 Å². The first kappa shape index (κ1) is 11.0. The van der Waals surface area contributed by atoms with Crippen LogP contribution in [-0.4, -0.2) is 10.1 Å². The van der Waals surface area contributed by atoms with Gasteiger partial charge in [0.1, 0.15) is 17.9 Å². The fraction of sp³-hybridized carbons (Fsp3) is 0.0714. The summed E-state index contributed by atoms with van der Waals surface area (Å²) in [5.41, 5.74) is 0.571. The third kappa shape index (κ3) is 2.15. The molecule has 0 aliphatic rings. The van der Waals surface area contributed by atoms with Crippen LogP contribution in [0.2, 0.25) is 0 Å². The second-order valence-corrected chi connectivity index (χ2v) is 4.90. The zero-order valence-electron chi connectivity index (χ0n) is 9.54. The molecule has 0 saturated heterocycles. The number of benzene rings is 1. The summed E-state index contributed by atoms with van der Waals surface area (Å²) < 4.78 is 5.60. The Morgan fingerprint density at radius 1 is 1.11 bits per heavy atom. The largest absolute Gasteiger partial charge is 0.506 e. The van der Waals surface area contributed by atoms with Crippen molar-refractivity contribution in [2.75, 3.05) is 0 Å². The molecule has 3 nitrogen and oxygen atoms in total. The highest BCUT2D eigenvalue weighted by Gasteiger charge is 2.03. The number of pyridine rings is 1. The van der Waals surface area contributed by atoms with Gasteiger partial charge in [-0.15, -0.1) is 11.3 Å². The quantitative estimate of drug-likeness (QED) is 0.779. The first-order valence-electron chi connectivity index (χ1n) is 5.57. The van der Waals surface area contributed by atoms with E-state index in [1.165, 1.54) is 0 Å². The molecule has 2 aromatic heterocycles. The second-order valence-electron chi connectivity index (χ2n) is 3.87. The molecule has 0 spiro atoms. The molecule has 1 aromatic carbocycles. The van der Waals surface area contributed by atoms with Crippen LogP contribution in [0.15, 0.2) is 47.8 Å². The summed E-state index contributed by atoms with van der Waals surface area (Å²) in [4.78, 5) is 5.45. The van der Waals surface area contributed by atoms with E-state index in [0.29, 0.717) is 18.0 Å². The number of thiophene rings is 1. The Hall–Kier alpha value is -2.07. The fourth-order valence-corrected chi connectivity index (χ4v) is 2.35. The standard InChI is InChI=1S/C14H11NO2S/c16-12-5-1-3-10-6-7-13(15-14(10)12)17-9-11-4-2-8-18-11/h1-8,16H,9H2. The zero-order valence-corrected chi connectivity index (χ0v) is 10.4. The molecular formula is C14H11NO2S. The summed E-state index contributed by atoms with van der Waals surface area (Å²) in [6.07, 6.45) is 0. The van der Waals surface area contributed by atoms with Crippen molar-refractivity contribution in [1.82, 2.24) is 4.98 Å². The molecule has 2 heterocycles. The highest BCUT2D eigenvalue weighted by Crippen LogP contribution is 2.25. The van der Waals surface area contributed by atoms with Crippen LogP contribution in [-0.2, 0) is 6.61 Å². The summed E-state index contributed by atoms with van der Waals surface area (Å²) in [6.45, 7) is 0.504. The van der Waals surface area contributed by atoms with Gasteiger partial charge in [0, 0.05) is 16.3 Å². The topological polar surface area (TPSA) is 42.4 Å². The molecule has 0 fully saturated rings. The molecule has 0 saturated carbocycles. The first-order valence-corrected chi connectivity index (χ1v) is 6.45. The maximum atomic E-state index is 9.73. The summed E-state index contributed by atoms with van der Waals surface area (Å²) in [6, 6.07) is 13.0. The third-order valence-corrected chi connectivity index (χ3v) is 3.47. The lowest BCUT2D eigenvalue weighted by Gasteiger charge is -2.05. The van der Waals surface area contributed by atoms with E-state index in [1.807, 2.05) is 35.7 Å².